The van der Waals surface area contributed by atoms with Crippen LogP contribution in [0.4, 0.5) is 13.2 Å². The Labute approximate surface area is 181 Å². The predicted octanol–water partition coefficient (Wildman–Crippen LogP) is 6.30. The van der Waals surface area contributed by atoms with Gasteiger partial charge in [0.15, 0.2) is 0 Å². The van der Waals surface area contributed by atoms with Gasteiger partial charge in [0, 0.05) is 38.6 Å². The Kier molecular flexibility index (Phi) is 8.37. The molecule has 0 aliphatic heterocycles. The van der Waals surface area contributed by atoms with Gasteiger partial charge in [-0.1, -0.05) is 24.5 Å². The molecular weight excluding hydrogens is 434 g/mol. The number of halogens is 3. The zero-order chi connectivity index (χ0) is 17.7. The number of rotatable bonds is 7. The van der Waals surface area contributed by atoms with Crippen LogP contribution in [-0.2, 0) is 45.3 Å². The van der Waals surface area contributed by atoms with Gasteiger partial charge < -0.3 is 16.1 Å². The molecule has 137 valence electrons. The molecule has 1 aromatic heterocycles. The molecule has 2 aromatic rings. The number of benzene rings is 1. The topological polar surface area (TPSA) is 9.23 Å². The summed E-state index contributed by atoms with van der Waals surface area (Å²) < 4.78 is 43.4. The Bertz CT molecular complexity index is 693. The molecule has 1 heterocycles. The van der Waals surface area contributed by atoms with Crippen LogP contribution in [-0.4, -0.2) is 6.61 Å². The van der Waals surface area contributed by atoms with E-state index < -0.39 is 11.7 Å². The van der Waals surface area contributed by atoms with Gasteiger partial charge in [0.05, 0.1) is 12.2 Å². The molecule has 3 rings (SSSR count). The molecule has 1 radical (unpaired) electrons. The number of hydrogen-bond donors (Lipinski definition) is 0. The second-order valence-electron chi connectivity index (χ2n) is 6.26. The molecule has 1 atom stereocenters. The smallest absolute Gasteiger partial charge is 0.416 e. The van der Waals surface area contributed by atoms with E-state index in [-0.39, 0.29) is 32.7 Å². The minimum atomic E-state index is -4.31. The first kappa shape index (κ1) is 21.7. The monoisotopic (exact) mass is 454 g/mol. The Morgan fingerprint density at radius 1 is 1.12 bits per heavy atom. The van der Waals surface area contributed by atoms with Crippen molar-refractivity contribution in [2.45, 2.75) is 38.3 Å². The third-order valence-electron chi connectivity index (χ3n) is 4.49. The number of hydrogen-bond acceptors (Lipinski definition) is 2. The molecule has 1 aliphatic carbocycles. The molecule has 0 amide bonds. The molecule has 26 heavy (non-hydrogen) atoms. The summed E-state index contributed by atoms with van der Waals surface area (Å²) in [5.74, 6) is 0.866. The zero-order valence-corrected chi connectivity index (χ0v) is 18.0. The van der Waals surface area contributed by atoms with Crippen molar-refractivity contribution in [2.75, 3.05) is 6.61 Å². The molecule has 0 N–H and O–H groups in total. The first-order valence-electron chi connectivity index (χ1n) is 8.46. The molecule has 1 aliphatic rings. The first-order chi connectivity index (χ1) is 12.0. The van der Waals surface area contributed by atoms with E-state index in [9.17, 15) is 13.2 Å². The number of allylic oxidation sites excluding steroid dienone is 1. The van der Waals surface area contributed by atoms with Crippen molar-refractivity contribution in [3.8, 4) is 5.75 Å². The van der Waals surface area contributed by atoms with Gasteiger partial charge in [0.25, 0.3) is 0 Å². The van der Waals surface area contributed by atoms with Crippen LogP contribution in [0.3, 0.4) is 0 Å². The van der Waals surface area contributed by atoms with E-state index >= 15 is 0 Å². The van der Waals surface area contributed by atoms with E-state index in [1.165, 1.54) is 22.6 Å². The molecule has 1 aromatic carbocycles. The van der Waals surface area contributed by atoms with Gasteiger partial charge in [-0.05, 0) is 43.5 Å². The Morgan fingerprint density at radius 2 is 1.88 bits per heavy atom. The summed E-state index contributed by atoms with van der Waals surface area (Å²) in [5.41, 5.74) is 0.777. The summed E-state index contributed by atoms with van der Waals surface area (Å²) in [5, 5.41) is 3.11. The third-order valence-corrected chi connectivity index (χ3v) is 5.35. The predicted molar refractivity (Wildman–Crippen MR) is 93.8 cm³/mol. The Hall–Kier alpha value is -0.646. The van der Waals surface area contributed by atoms with E-state index in [2.05, 4.69) is 17.5 Å². The van der Waals surface area contributed by atoms with Crippen LogP contribution in [0.15, 0.2) is 48.0 Å². The number of aryl methyl sites for hydroxylation is 1. The maximum absolute atomic E-state index is 12.6. The fourth-order valence-electron chi connectivity index (χ4n) is 3.13. The van der Waals surface area contributed by atoms with Crippen LogP contribution in [0.1, 0.15) is 36.1 Å². The van der Waals surface area contributed by atoms with E-state index in [0.717, 1.165) is 44.2 Å². The Morgan fingerprint density at radius 3 is 2.54 bits per heavy atom. The van der Waals surface area contributed by atoms with Gasteiger partial charge in [-0.2, -0.15) is 19.2 Å². The van der Waals surface area contributed by atoms with Gasteiger partial charge in [0.1, 0.15) is 5.75 Å². The van der Waals surface area contributed by atoms with Crippen molar-refractivity contribution in [1.82, 2.24) is 0 Å². The summed E-state index contributed by atoms with van der Waals surface area (Å²) in [6.07, 6.45) is 3.33. The van der Waals surface area contributed by atoms with Gasteiger partial charge >= 0.3 is 6.18 Å². The molecule has 0 saturated heterocycles. The van der Waals surface area contributed by atoms with Gasteiger partial charge in [-0.25, -0.2) is 6.07 Å². The van der Waals surface area contributed by atoms with E-state index in [1.54, 1.807) is 11.3 Å². The van der Waals surface area contributed by atoms with Crippen molar-refractivity contribution in [3.63, 3.8) is 0 Å². The average Bonchev–Trinajstić information content (AvgIpc) is 3.24. The van der Waals surface area contributed by atoms with Gasteiger partial charge in [0.2, 0.25) is 0 Å². The zero-order valence-electron chi connectivity index (χ0n) is 14.4. The van der Waals surface area contributed by atoms with Crippen LogP contribution in [0.25, 0.3) is 0 Å². The van der Waals surface area contributed by atoms with E-state index in [0.29, 0.717) is 18.3 Å². The number of ether oxygens (including phenoxy) is 1. The summed E-state index contributed by atoms with van der Waals surface area (Å²) in [6.45, 7) is 0.532. The first-order valence-corrected chi connectivity index (χ1v) is 9.28. The normalized spacial score (nSPS) is 16.9. The molecule has 6 heteroatoms. The molecule has 0 unspecified atom stereocenters. The minimum absolute atomic E-state index is 0. The van der Waals surface area contributed by atoms with Crippen LogP contribution in [0.5, 0.6) is 5.75 Å². The summed E-state index contributed by atoms with van der Waals surface area (Å²) >= 11 is 1.67. The van der Waals surface area contributed by atoms with Crippen molar-refractivity contribution in [3.05, 3.63) is 63.9 Å². The maximum atomic E-state index is 12.6. The van der Waals surface area contributed by atoms with Crippen molar-refractivity contribution in [2.24, 2.45) is 5.92 Å². The molecular formula is C20H20F3OSY-. The van der Waals surface area contributed by atoms with Gasteiger partial charge in [-0.3, -0.25) is 0 Å². The van der Waals surface area contributed by atoms with Gasteiger partial charge in [-0.15, -0.1) is 10.3 Å². The van der Waals surface area contributed by atoms with Crippen LogP contribution < -0.4 is 4.74 Å². The number of alkyl halides is 3. The van der Waals surface area contributed by atoms with Crippen molar-refractivity contribution in [1.29, 1.82) is 0 Å². The Balaban J connectivity index is 0.00000243. The van der Waals surface area contributed by atoms with Crippen LogP contribution in [0, 0.1) is 11.3 Å². The second kappa shape index (κ2) is 10.1. The molecule has 0 spiro atoms. The molecule has 0 bridgehead atoms. The van der Waals surface area contributed by atoms with E-state index in [1.807, 2.05) is 6.07 Å². The summed E-state index contributed by atoms with van der Waals surface area (Å²) in [4.78, 5) is 1.36. The molecule has 0 saturated carbocycles. The fourth-order valence-corrected chi connectivity index (χ4v) is 3.80. The van der Waals surface area contributed by atoms with Crippen LogP contribution >= 0.6 is 11.3 Å². The maximum Gasteiger partial charge on any atom is 0.416 e. The average molecular weight is 454 g/mol. The molecule has 0 fully saturated rings. The van der Waals surface area contributed by atoms with E-state index in [4.69, 9.17) is 4.74 Å². The number of thiophene rings is 1. The van der Waals surface area contributed by atoms with Crippen molar-refractivity contribution < 1.29 is 50.6 Å². The largest absolute Gasteiger partial charge is 0.493 e. The minimum Gasteiger partial charge on any atom is -0.493 e. The van der Waals surface area contributed by atoms with Crippen molar-refractivity contribution >= 4 is 11.3 Å². The quantitative estimate of drug-likeness (QED) is 0.352. The summed E-state index contributed by atoms with van der Waals surface area (Å²) in [7, 11) is 0. The SMILES string of the molecule is FC(F)(F)c1ccc(OC[C@H]2CCC=C2CCCc2cc[c-]s2)cc1.[Y]. The third kappa shape index (κ3) is 6.21. The summed E-state index contributed by atoms with van der Waals surface area (Å²) in [6, 6.07) is 8.99. The fraction of sp³-hybridized carbons (Fsp3) is 0.400. The van der Waals surface area contributed by atoms with Crippen LogP contribution in [0.2, 0.25) is 0 Å². The second-order valence-corrected chi connectivity index (χ2v) is 7.22. The molecule has 1 nitrogen and oxygen atoms in total. The standard InChI is InChI=1S/C20H20F3OS.Y/c21-20(22,23)17-9-11-18(12-10-17)24-14-16-6-1-4-15(16)5-2-7-19-8-3-13-25-19;/h3-4,8-12,16H,1-2,5-7,14H2;/q-1;/t16-;/m1./s1.